The zero-order valence-corrected chi connectivity index (χ0v) is 13.0. The monoisotopic (exact) mass is 323 g/mol. The van der Waals surface area contributed by atoms with Crippen LogP contribution in [0.5, 0.6) is 0 Å². The Kier molecular flexibility index (Phi) is 5.28. The molecule has 0 spiro atoms. The molecule has 118 valence electrons. The number of benzene rings is 2. The molecule has 2 aromatic rings. The van der Waals surface area contributed by atoms with Crippen LogP contribution in [-0.2, 0) is 16.4 Å². The first-order valence-electron chi connectivity index (χ1n) is 6.80. The summed E-state index contributed by atoms with van der Waals surface area (Å²) in [7, 11) is -3.24. The quantitative estimate of drug-likeness (QED) is 0.854. The van der Waals surface area contributed by atoms with Crippen LogP contribution in [0.3, 0.4) is 0 Å². The Hall–Kier alpha value is -1.76. The van der Waals surface area contributed by atoms with Crippen LogP contribution >= 0.6 is 0 Å². The van der Waals surface area contributed by atoms with E-state index in [4.69, 9.17) is 0 Å². The largest absolute Gasteiger partial charge is 0.387 e. The second-order valence-corrected chi connectivity index (χ2v) is 7.10. The number of halogens is 1. The average Bonchev–Trinajstić information content (AvgIpc) is 2.48. The molecule has 0 aliphatic rings. The number of rotatable bonds is 6. The van der Waals surface area contributed by atoms with E-state index >= 15 is 0 Å². The lowest BCUT2D eigenvalue weighted by molar-refractivity contribution is 0.174. The van der Waals surface area contributed by atoms with Crippen LogP contribution in [0, 0.1) is 5.82 Å². The van der Waals surface area contributed by atoms with Gasteiger partial charge in [-0.15, -0.1) is 0 Å². The van der Waals surface area contributed by atoms with Gasteiger partial charge in [0, 0.05) is 24.9 Å². The number of nitrogens with one attached hydrogen (secondary N) is 1. The molecule has 0 aliphatic heterocycles. The molecule has 0 bridgehead atoms. The second kappa shape index (κ2) is 7.00. The second-order valence-electron chi connectivity index (χ2n) is 5.08. The highest BCUT2D eigenvalue weighted by Crippen LogP contribution is 2.16. The Morgan fingerprint density at radius 3 is 2.36 bits per heavy atom. The van der Waals surface area contributed by atoms with Gasteiger partial charge in [0.2, 0.25) is 0 Å². The molecular weight excluding hydrogens is 305 g/mol. The summed E-state index contributed by atoms with van der Waals surface area (Å²) in [5.74, 6) is -0.290. The first kappa shape index (κ1) is 16.6. The molecule has 22 heavy (non-hydrogen) atoms. The standard InChI is InChI=1S/C16H18FNO3S/c1-22(20,21)14-8-6-12(7-9-14)16(19)11-18-10-13-4-2-3-5-15(13)17/h2-9,16,18-19H,10-11H2,1H3/t16-/m1/s1. The molecule has 0 heterocycles. The summed E-state index contributed by atoms with van der Waals surface area (Å²) in [4.78, 5) is 0.211. The van der Waals surface area contributed by atoms with Crippen LogP contribution in [0.4, 0.5) is 4.39 Å². The maximum absolute atomic E-state index is 13.4. The topological polar surface area (TPSA) is 66.4 Å². The van der Waals surface area contributed by atoms with Crippen molar-refractivity contribution in [3.8, 4) is 0 Å². The van der Waals surface area contributed by atoms with E-state index in [9.17, 15) is 17.9 Å². The molecule has 2 N–H and O–H groups in total. The molecule has 0 saturated carbocycles. The van der Waals surface area contributed by atoms with E-state index in [2.05, 4.69) is 5.32 Å². The maximum Gasteiger partial charge on any atom is 0.175 e. The minimum Gasteiger partial charge on any atom is -0.387 e. The maximum atomic E-state index is 13.4. The smallest absolute Gasteiger partial charge is 0.175 e. The van der Waals surface area contributed by atoms with E-state index < -0.39 is 15.9 Å². The van der Waals surface area contributed by atoms with Crippen molar-refractivity contribution in [1.29, 1.82) is 0 Å². The van der Waals surface area contributed by atoms with Crippen molar-refractivity contribution in [1.82, 2.24) is 5.32 Å². The first-order valence-corrected chi connectivity index (χ1v) is 8.69. The van der Waals surface area contributed by atoms with Crippen LogP contribution in [0.15, 0.2) is 53.4 Å². The number of hydrogen-bond acceptors (Lipinski definition) is 4. The van der Waals surface area contributed by atoms with Gasteiger partial charge in [0.15, 0.2) is 9.84 Å². The molecule has 0 saturated heterocycles. The van der Waals surface area contributed by atoms with Crippen molar-refractivity contribution in [2.24, 2.45) is 0 Å². The molecular formula is C16H18FNO3S. The van der Waals surface area contributed by atoms with Gasteiger partial charge in [0.05, 0.1) is 11.0 Å². The zero-order valence-electron chi connectivity index (χ0n) is 12.2. The molecule has 2 aromatic carbocycles. The Labute approximate surface area is 129 Å². The molecule has 0 aliphatic carbocycles. The molecule has 6 heteroatoms. The third kappa shape index (κ3) is 4.37. The Balaban J connectivity index is 1.92. The van der Waals surface area contributed by atoms with Gasteiger partial charge in [0.25, 0.3) is 0 Å². The number of aliphatic hydroxyl groups excluding tert-OH is 1. The lowest BCUT2D eigenvalue weighted by Gasteiger charge is -2.13. The molecule has 1 atom stereocenters. The van der Waals surface area contributed by atoms with Gasteiger partial charge in [-0.1, -0.05) is 30.3 Å². The predicted molar refractivity (Wildman–Crippen MR) is 82.6 cm³/mol. The average molecular weight is 323 g/mol. The fraction of sp³-hybridized carbons (Fsp3) is 0.250. The molecule has 0 amide bonds. The summed E-state index contributed by atoms with van der Waals surface area (Å²) < 4.78 is 36.2. The Bertz CT molecular complexity index is 729. The lowest BCUT2D eigenvalue weighted by atomic mass is 10.1. The van der Waals surface area contributed by atoms with E-state index in [1.54, 1.807) is 30.3 Å². The van der Waals surface area contributed by atoms with Gasteiger partial charge in [-0.3, -0.25) is 0 Å². The van der Waals surface area contributed by atoms with Gasteiger partial charge >= 0.3 is 0 Å². The summed E-state index contributed by atoms with van der Waals surface area (Å²) in [6.07, 6.45) is 0.342. The summed E-state index contributed by atoms with van der Waals surface area (Å²) in [6, 6.07) is 12.5. The minimum atomic E-state index is -3.24. The van der Waals surface area contributed by atoms with Crippen molar-refractivity contribution in [3.63, 3.8) is 0 Å². The van der Waals surface area contributed by atoms with E-state index in [0.29, 0.717) is 17.7 Å². The van der Waals surface area contributed by atoms with Crippen molar-refractivity contribution >= 4 is 9.84 Å². The third-order valence-electron chi connectivity index (χ3n) is 3.30. The molecule has 0 unspecified atom stereocenters. The normalized spacial score (nSPS) is 13.0. The molecule has 2 rings (SSSR count). The number of aliphatic hydroxyl groups is 1. The molecule has 4 nitrogen and oxygen atoms in total. The van der Waals surface area contributed by atoms with Crippen molar-refractivity contribution in [2.45, 2.75) is 17.5 Å². The fourth-order valence-electron chi connectivity index (χ4n) is 2.04. The van der Waals surface area contributed by atoms with Gasteiger partial charge in [-0.25, -0.2) is 12.8 Å². The van der Waals surface area contributed by atoms with Crippen LogP contribution in [0.2, 0.25) is 0 Å². The Morgan fingerprint density at radius 2 is 1.77 bits per heavy atom. The number of sulfone groups is 1. The van der Waals surface area contributed by atoms with Crippen molar-refractivity contribution in [2.75, 3.05) is 12.8 Å². The minimum absolute atomic E-state index is 0.211. The summed E-state index contributed by atoms with van der Waals surface area (Å²) in [5.41, 5.74) is 1.13. The van der Waals surface area contributed by atoms with Crippen molar-refractivity contribution < 1.29 is 17.9 Å². The summed E-state index contributed by atoms with van der Waals surface area (Å²) >= 11 is 0. The van der Waals surface area contributed by atoms with Crippen LogP contribution in [0.25, 0.3) is 0 Å². The lowest BCUT2D eigenvalue weighted by Crippen LogP contribution is -2.21. The van der Waals surface area contributed by atoms with E-state index in [1.165, 1.54) is 18.2 Å². The van der Waals surface area contributed by atoms with E-state index in [-0.39, 0.29) is 17.3 Å². The highest BCUT2D eigenvalue weighted by atomic mass is 32.2. The SMILES string of the molecule is CS(=O)(=O)c1ccc([C@H](O)CNCc2ccccc2F)cc1. The Morgan fingerprint density at radius 1 is 1.14 bits per heavy atom. The van der Waals surface area contributed by atoms with Crippen LogP contribution < -0.4 is 5.32 Å². The molecule has 0 radical (unpaired) electrons. The van der Waals surface area contributed by atoms with Gasteiger partial charge < -0.3 is 10.4 Å². The van der Waals surface area contributed by atoms with Crippen LogP contribution in [-0.4, -0.2) is 26.3 Å². The molecule has 0 aromatic heterocycles. The zero-order chi connectivity index (χ0) is 16.2. The predicted octanol–water partition coefficient (Wildman–Crippen LogP) is 2.05. The third-order valence-corrected chi connectivity index (χ3v) is 4.43. The summed E-state index contributed by atoms with van der Waals surface area (Å²) in [6.45, 7) is 0.553. The fourth-order valence-corrected chi connectivity index (χ4v) is 2.67. The van der Waals surface area contributed by atoms with Gasteiger partial charge in [-0.2, -0.15) is 0 Å². The van der Waals surface area contributed by atoms with Gasteiger partial charge in [0.1, 0.15) is 5.82 Å². The molecule has 0 fully saturated rings. The van der Waals surface area contributed by atoms with Gasteiger partial charge in [-0.05, 0) is 23.8 Å². The highest BCUT2D eigenvalue weighted by molar-refractivity contribution is 7.90. The highest BCUT2D eigenvalue weighted by Gasteiger charge is 2.11. The van der Waals surface area contributed by atoms with E-state index in [0.717, 1.165) is 6.26 Å². The van der Waals surface area contributed by atoms with Crippen LogP contribution in [0.1, 0.15) is 17.2 Å². The first-order chi connectivity index (χ1) is 10.4. The van der Waals surface area contributed by atoms with E-state index in [1.807, 2.05) is 0 Å². The van der Waals surface area contributed by atoms with Crippen molar-refractivity contribution in [3.05, 3.63) is 65.5 Å². The summed E-state index contributed by atoms with van der Waals surface area (Å²) in [5, 5.41) is 13.0. The number of hydrogen-bond donors (Lipinski definition) is 2.